The van der Waals surface area contributed by atoms with E-state index in [-0.39, 0.29) is 5.41 Å². The third-order valence-electron chi connectivity index (χ3n) is 4.99. The van der Waals surface area contributed by atoms with Crippen LogP contribution >= 0.6 is 11.6 Å². The number of fused-ring (bicyclic) bond motifs is 1. The van der Waals surface area contributed by atoms with Crippen molar-refractivity contribution in [3.05, 3.63) is 58.4 Å². The Kier molecular flexibility index (Phi) is 4.60. The molecule has 5 nitrogen and oxygen atoms in total. The smallest absolute Gasteiger partial charge is 0.215 e. The van der Waals surface area contributed by atoms with Gasteiger partial charge in [0.25, 0.3) is 0 Å². The SMILES string of the molecule is CC1(C)CCc2c(-c3cc(F)nc(NCc4ccc(Cl)nc4)c3)n[nH]c2C1. The lowest BCUT2D eigenvalue weighted by molar-refractivity contribution is 0.312. The molecule has 0 atom stereocenters. The minimum Gasteiger partial charge on any atom is -0.366 e. The second-order valence-electron chi connectivity index (χ2n) is 7.78. The predicted molar refractivity (Wildman–Crippen MR) is 104 cm³/mol. The van der Waals surface area contributed by atoms with Crippen LogP contribution in [0.1, 0.15) is 37.1 Å². The van der Waals surface area contributed by atoms with Crippen molar-refractivity contribution in [2.75, 3.05) is 5.32 Å². The van der Waals surface area contributed by atoms with E-state index in [9.17, 15) is 4.39 Å². The van der Waals surface area contributed by atoms with E-state index < -0.39 is 5.95 Å². The molecule has 140 valence electrons. The highest BCUT2D eigenvalue weighted by Crippen LogP contribution is 2.38. The molecular weight excluding hydrogens is 365 g/mol. The summed E-state index contributed by atoms with van der Waals surface area (Å²) in [6.45, 7) is 5.00. The van der Waals surface area contributed by atoms with E-state index in [0.29, 0.717) is 17.5 Å². The van der Waals surface area contributed by atoms with Gasteiger partial charge in [-0.25, -0.2) is 9.97 Å². The van der Waals surface area contributed by atoms with Gasteiger partial charge in [0.05, 0.1) is 5.69 Å². The van der Waals surface area contributed by atoms with E-state index in [4.69, 9.17) is 11.6 Å². The van der Waals surface area contributed by atoms with Crippen molar-refractivity contribution in [3.63, 3.8) is 0 Å². The first-order valence-corrected chi connectivity index (χ1v) is 9.36. The number of aromatic nitrogens is 4. The van der Waals surface area contributed by atoms with Gasteiger partial charge in [0.2, 0.25) is 5.95 Å². The van der Waals surface area contributed by atoms with Gasteiger partial charge >= 0.3 is 0 Å². The van der Waals surface area contributed by atoms with Crippen LogP contribution in [0, 0.1) is 11.4 Å². The van der Waals surface area contributed by atoms with E-state index in [1.54, 1.807) is 12.3 Å². The number of H-pyrrole nitrogens is 1. The Labute approximate surface area is 162 Å². The molecule has 0 aromatic carbocycles. The molecule has 3 aromatic heterocycles. The van der Waals surface area contributed by atoms with Crippen LogP contribution < -0.4 is 5.32 Å². The maximum absolute atomic E-state index is 14.1. The maximum Gasteiger partial charge on any atom is 0.215 e. The molecule has 0 aliphatic heterocycles. The molecule has 0 spiro atoms. The van der Waals surface area contributed by atoms with E-state index >= 15 is 0 Å². The van der Waals surface area contributed by atoms with Crippen molar-refractivity contribution >= 4 is 17.4 Å². The molecule has 4 rings (SSSR count). The molecule has 3 aromatic rings. The molecule has 0 amide bonds. The van der Waals surface area contributed by atoms with E-state index in [1.807, 2.05) is 12.1 Å². The summed E-state index contributed by atoms with van der Waals surface area (Å²) in [4.78, 5) is 7.99. The molecule has 1 aliphatic rings. The van der Waals surface area contributed by atoms with Gasteiger partial charge in [-0.1, -0.05) is 31.5 Å². The lowest BCUT2D eigenvalue weighted by atomic mass is 9.76. The molecule has 3 heterocycles. The van der Waals surface area contributed by atoms with Gasteiger partial charge in [-0.15, -0.1) is 0 Å². The van der Waals surface area contributed by atoms with E-state index in [2.05, 4.69) is 39.3 Å². The fourth-order valence-corrected chi connectivity index (χ4v) is 3.63. The van der Waals surface area contributed by atoms with Crippen molar-refractivity contribution in [1.29, 1.82) is 0 Å². The van der Waals surface area contributed by atoms with Gasteiger partial charge in [-0.05, 0) is 42.4 Å². The Hall–Kier alpha value is -2.47. The normalized spacial score (nSPS) is 15.4. The molecule has 0 fully saturated rings. The molecule has 0 bridgehead atoms. The Morgan fingerprint density at radius 2 is 2.15 bits per heavy atom. The summed E-state index contributed by atoms with van der Waals surface area (Å²) in [5.74, 6) is -0.0649. The monoisotopic (exact) mass is 385 g/mol. The highest BCUT2D eigenvalue weighted by atomic mass is 35.5. The van der Waals surface area contributed by atoms with Crippen LogP contribution in [-0.4, -0.2) is 20.2 Å². The fourth-order valence-electron chi connectivity index (χ4n) is 3.51. The molecule has 2 N–H and O–H groups in total. The Balaban J connectivity index is 1.58. The number of rotatable bonds is 4. The molecular formula is C20H21ClFN5. The lowest BCUT2D eigenvalue weighted by Crippen LogP contribution is -2.21. The average Bonchev–Trinajstić information content (AvgIpc) is 3.02. The topological polar surface area (TPSA) is 66.5 Å². The number of nitrogens with zero attached hydrogens (tertiary/aromatic N) is 3. The second kappa shape index (κ2) is 6.93. The quantitative estimate of drug-likeness (QED) is 0.634. The first-order valence-electron chi connectivity index (χ1n) is 8.98. The van der Waals surface area contributed by atoms with Crippen LogP contribution in [-0.2, 0) is 19.4 Å². The minimum atomic E-state index is -0.530. The summed E-state index contributed by atoms with van der Waals surface area (Å²) in [5.41, 5.74) is 5.09. The average molecular weight is 386 g/mol. The van der Waals surface area contributed by atoms with Gasteiger partial charge in [0, 0.05) is 35.6 Å². The largest absolute Gasteiger partial charge is 0.366 e. The van der Waals surface area contributed by atoms with Crippen LogP contribution in [0.3, 0.4) is 0 Å². The van der Waals surface area contributed by atoms with Crippen LogP contribution in [0.5, 0.6) is 0 Å². The summed E-state index contributed by atoms with van der Waals surface area (Å²) in [5, 5.41) is 11.2. The molecule has 0 radical (unpaired) electrons. The summed E-state index contributed by atoms with van der Waals surface area (Å²) in [6, 6.07) is 6.86. The molecule has 7 heteroatoms. The number of hydrogen-bond donors (Lipinski definition) is 2. The van der Waals surface area contributed by atoms with Crippen molar-refractivity contribution in [3.8, 4) is 11.3 Å². The van der Waals surface area contributed by atoms with Crippen LogP contribution in [0.25, 0.3) is 11.3 Å². The first kappa shape index (κ1) is 17.9. The molecule has 27 heavy (non-hydrogen) atoms. The molecule has 0 saturated heterocycles. The number of halogens is 2. The van der Waals surface area contributed by atoms with Crippen LogP contribution in [0.4, 0.5) is 10.2 Å². The van der Waals surface area contributed by atoms with Crippen LogP contribution in [0.2, 0.25) is 5.15 Å². The summed E-state index contributed by atoms with van der Waals surface area (Å²) >= 11 is 5.80. The number of aromatic amines is 1. The van der Waals surface area contributed by atoms with Gasteiger partial charge in [-0.2, -0.15) is 9.49 Å². The van der Waals surface area contributed by atoms with E-state index in [1.165, 1.54) is 11.6 Å². The second-order valence-corrected chi connectivity index (χ2v) is 8.16. The van der Waals surface area contributed by atoms with Gasteiger partial charge < -0.3 is 5.32 Å². The standard InChI is InChI=1S/C20H21ClFN5/c1-20(2)6-5-14-15(9-20)26-27-19(14)13-7-17(22)25-18(8-13)24-11-12-3-4-16(21)23-10-12/h3-4,7-8,10H,5-6,9,11H2,1-2H3,(H,24,25)(H,26,27). The predicted octanol–water partition coefficient (Wildman–Crippen LogP) is 4.79. The van der Waals surface area contributed by atoms with Gasteiger partial charge in [-0.3, -0.25) is 5.10 Å². The first-order chi connectivity index (χ1) is 12.9. The highest BCUT2D eigenvalue weighted by molar-refractivity contribution is 6.29. The minimum absolute atomic E-state index is 0.264. The zero-order valence-corrected chi connectivity index (χ0v) is 16.1. The number of nitrogens with one attached hydrogen (secondary N) is 2. The Bertz CT molecular complexity index is 965. The fraction of sp³-hybridized carbons (Fsp3) is 0.350. The van der Waals surface area contributed by atoms with Gasteiger partial charge in [0.1, 0.15) is 11.0 Å². The zero-order valence-electron chi connectivity index (χ0n) is 15.3. The maximum atomic E-state index is 14.1. The van der Waals surface area contributed by atoms with E-state index in [0.717, 1.165) is 41.8 Å². The van der Waals surface area contributed by atoms with Crippen molar-refractivity contribution in [2.24, 2.45) is 5.41 Å². The summed E-state index contributed by atoms with van der Waals surface area (Å²) in [6.07, 6.45) is 4.67. The molecule has 0 unspecified atom stereocenters. The summed E-state index contributed by atoms with van der Waals surface area (Å²) < 4.78 is 14.1. The zero-order chi connectivity index (χ0) is 19.0. The highest BCUT2D eigenvalue weighted by Gasteiger charge is 2.29. The van der Waals surface area contributed by atoms with Crippen LogP contribution in [0.15, 0.2) is 30.5 Å². The number of pyridine rings is 2. The summed E-state index contributed by atoms with van der Waals surface area (Å²) in [7, 11) is 0. The molecule has 0 saturated carbocycles. The molecule has 1 aliphatic carbocycles. The Morgan fingerprint density at radius 3 is 2.93 bits per heavy atom. The van der Waals surface area contributed by atoms with Crippen molar-refractivity contribution < 1.29 is 4.39 Å². The third kappa shape index (κ3) is 3.95. The third-order valence-corrected chi connectivity index (χ3v) is 5.21. The van der Waals surface area contributed by atoms with Crippen molar-refractivity contribution in [1.82, 2.24) is 20.2 Å². The number of anilines is 1. The number of hydrogen-bond acceptors (Lipinski definition) is 4. The Morgan fingerprint density at radius 1 is 1.30 bits per heavy atom. The van der Waals surface area contributed by atoms with Crippen molar-refractivity contribution in [2.45, 2.75) is 39.7 Å². The van der Waals surface area contributed by atoms with Gasteiger partial charge in [0.15, 0.2) is 0 Å². The lowest BCUT2D eigenvalue weighted by Gasteiger charge is -2.29.